The number of rotatable bonds is 7. The summed E-state index contributed by atoms with van der Waals surface area (Å²) in [6, 6.07) is -1.04. The van der Waals surface area contributed by atoms with Gasteiger partial charge in [-0.15, -0.1) is 0 Å². The number of carbonyl (C=O) groups is 2. The average Bonchev–Trinajstić information content (AvgIpc) is 2.76. The Bertz CT molecular complexity index is 462. The molecule has 3 N–H and O–H groups in total. The normalized spacial score (nSPS) is 24.3. The molecule has 0 radical (unpaired) electrons. The molecule has 1 saturated carbocycles. The monoisotopic (exact) mass is 306 g/mol. The number of carboxylic acids is 1. The van der Waals surface area contributed by atoms with E-state index in [4.69, 9.17) is 5.11 Å². The summed E-state index contributed by atoms with van der Waals surface area (Å²) in [4.78, 5) is 22.7. The first kappa shape index (κ1) is 16.9. The summed E-state index contributed by atoms with van der Waals surface area (Å²) in [6.45, 7) is 3.22. The van der Waals surface area contributed by atoms with Crippen molar-refractivity contribution < 1.29 is 23.1 Å². The first-order chi connectivity index (χ1) is 9.25. The average molecular weight is 306 g/mol. The molecule has 1 aliphatic rings. The summed E-state index contributed by atoms with van der Waals surface area (Å²) in [5.41, 5.74) is 0. The van der Waals surface area contributed by atoms with Crippen LogP contribution in [0.1, 0.15) is 39.5 Å². The molecule has 0 aromatic rings. The van der Waals surface area contributed by atoms with Gasteiger partial charge < -0.3 is 10.4 Å². The minimum Gasteiger partial charge on any atom is -0.481 e. The lowest BCUT2D eigenvalue weighted by Crippen LogP contribution is -2.48. The first-order valence-electron chi connectivity index (χ1n) is 6.78. The Morgan fingerprint density at radius 1 is 1.35 bits per heavy atom. The number of hydrogen-bond donors (Lipinski definition) is 3. The van der Waals surface area contributed by atoms with E-state index in [0.29, 0.717) is 25.7 Å². The smallest absolute Gasteiger partial charge is 0.306 e. The summed E-state index contributed by atoms with van der Waals surface area (Å²) < 4.78 is 25.4. The lowest BCUT2D eigenvalue weighted by molar-refractivity contribution is -0.141. The van der Waals surface area contributed by atoms with E-state index in [2.05, 4.69) is 10.0 Å². The van der Waals surface area contributed by atoms with Crippen molar-refractivity contribution in [2.24, 2.45) is 5.92 Å². The Morgan fingerprint density at radius 2 is 2.00 bits per heavy atom. The van der Waals surface area contributed by atoms with Crippen molar-refractivity contribution in [3.05, 3.63) is 0 Å². The van der Waals surface area contributed by atoms with Gasteiger partial charge in [0.2, 0.25) is 15.9 Å². The van der Waals surface area contributed by atoms with Crippen LogP contribution >= 0.6 is 0 Å². The summed E-state index contributed by atoms with van der Waals surface area (Å²) in [5.74, 6) is -1.71. The molecule has 1 unspecified atom stereocenters. The van der Waals surface area contributed by atoms with Gasteiger partial charge in [0, 0.05) is 6.04 Å². The molecule has 0 heterocycles. The third-order valence-electron chi connectivity index (χ3n) is 3.35. The van der Waals surface area contributed by atoms with Gasteiger partial charge in [0.1, 0.15) is 0 Å². The van der Waals surface area contributed by atoms with E-state index in [1.165, 1.54) is 6.92 Å². The van der Waals surface area contributed by atoms with Crippen LogP contribution in [-0.4, -0.2) is 43.2 Å². The van der Waals surface area contributed by atoms with Gasteiger partial charge in [0.05, 0.1) is 17.7 Å². The van der Waals surface area contributed by atoms with Crippen LogP contribution in [0.2, 0.25) is 0 Å². The highest BCUT2D eigenvalue weighted by Crippen LogP contribution is 2.25. The number of carboxylic acid groups (broad SMARTS) is 1. The van der Waals surface area contributed by atoms with Gasteiger partial charge in [-0.2, -0.15) is 0 Å². The van der Waals surface area contributed by atoms with Gasteiger partial charge in [0.15, 0.2) is 0 Å². The molecule has 1 amide bonds. The van der Waals surface area contributed by atoms with Crippen LogP contribution in [0.3, 0.4) is 0 Å². The maximum atomic E-state index is 11.9. The molecule has 116 valence electrons. The van der Waals surface area contributed by atoms with E-state index in [0.717, 1.165) is 0 Å². The van der Waals surface area contributed by atoms with Crippen molar-refractivity contribution in [1.82, 2.24) is 10.0 Å². The first-order valence-corrected chi connectivity index (χ1v) is 8.43. The summed E-state index contributed by atoms with van der Waals surface area (Å²) in [5, 5.41) is 11.6. The van der Waals surface area contributed by atoms with E-state index in [1.54, 1.807) is 6.92 Å². The summed E-state index contributed by atoms with van der Waals surface area (Å²) in [6.07, 6.45) is 2.02. The minimum atomic E-state index is -3.44. The maximum Gasteiger partial charge on any atom is 0.306 e. The second-order valence-electron chi connectivity index (χ2n) is 5.21. The Balaban J connectivity index is 2.45. The lowest BCUT2D eigenvalue weighted by Gasteiger charge is -2.17. The topological polar surface area (TPSA) is 113 Å². The standard InChI is InChI=1S/C12H22N2O5S/c1-3-6-20(18,19)14-8(2)11(15)13-10-5-4-9(7-10)12(16)17/h8-10,14H,3-7H2,1-2H3,(H,13,15)(H,16,17)/t8?,9-,10+/m1/s1. The van der Waals surface area contributed by atoms with E-state index in [-0.39, 0.29) is 11.8 Å². The molecule has 1 aliphatic carbocycles. The van der Waals surface area contributed by atoms with Crippen LogP contribution in [0.5, 0.6) is 0 Å². The fourth-order valence-electron chi connectivity index (χ4n) is 2.31. The molecule has 0 saturated heterocycles. The molecular weight excluding hydrogens is 284 g/mol. The molecule has 1 fully saturated rings. The predicted molar refractivity (Wildman–Crippen MR) is 73.6 cm³/mol. The molecule has 3 atom stereocenters. The maximum absolute atomic E-state index is 11.9. The molecule has 7 nitrogen and oxygen atoms in total. The molecule has 0 aromatic carbocycles. The highest BCUT2D eigenvalue weighted by Gasteiger charge is 2.31. The van der Waals surface area contributed by atoms with Crippen molar-refractivity contribution in [3.63, 3.8) is 0 Å². The fourth-order valence-corrected chi connectivity index (χ4v) is 3.61. The van der Waals surface area contributed by atoms with Crippen molar-refractivity contribution in [2.75, 3.05) is 5.75 Å². The van der Waals surface area contributed by atoms with E-state index < -0.39 is 33.9 Å². The Kier molecular flexibility index (Phi) is 5.94. The van der Waals surface area contributed by atoms with E-state index in [1.807, 2.05) is 0 Å². The second kappa shape index (κ2) is 7.03. The highest BCUT2D eigenvalue weighted by atomic mass is 32.2. The minimum absolute atomic E-state index is 0.0187. The summed E-state index contributed by atoms with van der Waals surface area (Å²) in [7, 11) is -3.44. The SMILES string of the molecule is CCCS(=O)(=O)NC(C)C(=O)N[C@H]1CC[C@@H](C(=O)O)C1. The lowest BCUT2D eigenvalue weighted by atomic mass is 10.1. The zero-order chi connectivity index (χ0) is 15.3. The third kappa shape index (κ3) is 5.09. The van der Waals surface area contributed by atoms with Gasteiger partial charge in [-0.3, -0.25) is 9.59 Å². The fraction of sp³-hybridized carbons (Fsp3) is 0.833. The summed E-state index contributed by atoms with van der Waals surface area (Å²) >= 11 is 0. The van der Waals surface area contributed by atoms with Crippen molar-refractivity contribution in [3.8, 4) is 0 Å². The van der Waals surface area contributed by atoms with Crippen LogP contribution in [0.15, 0.2) is 0 Å². The Labute approximate surface area is 119 Å². The van der Waals surface area contributed by atoms with Crippen LogP contribution in [0, 0.1) is 5.92 Å². The van der Waals surface area contributed by atoms with Gasteiger partial charge in [-0.1, -0.05) is 6.92 Å². The van der Waals surface area contributed by atoms with Crippen molar-refractivity contribution >= 4 is 21.9 Å². The molecule has 1 rings (SSSR count). The van der Waals surface area contributed by atoms with Gasteiger partial charge in [-0.25, -0.2) is 13.1 Å². The number of aliphatic carboxylic acids is 1. The van der Waals surface area contributed by atoms with Gasteiger partial charge >= 0.3 is 5.97 Å². The zero-order valence-corrected chi connectivity index (χ0v) is 12.6. The molecular formula is C12H22N2O5S. The molecule has 0 bridgehead atoms. The number of carbonyl (C=O) groups excluding carboxylic acids is 1. The molecule has 0 aromatic heterocycles. The number of sulfonamides is 1. The highest BCUT2D eigenvalue weighted by molar-refractivity contribution is 7.89. The Morgan fingerprint density at radius 3 is 2.50 bits per heavy atom. The van der Waals surface area contributed by atoms with Crippen LogP contribution in [0.25, 0.3) is 0 Å². The third-order valence-corrected chi connectivity index (χ3v) is 5.01. The largest absolute Gasteiger partial charge is 0.481 e. The second-order valence-corrected chi connectivity index (χ2v) is 7.09. The van der Waals surface area contributed by atoms with E-state index >= 15 is 0 Å². The van der Waals surface area contributed by atoms with Gasteiger partial charge in [0.25, 0.3) is 0 Å². The van der Waals surface area contributed by atoms with E-state index in [9.17, 15) is 18.0 Å². The number of hydrogen-bond acceptors (Lipinski definition) is 4. The van der Waals surface area contributed by atoms with Crippen LogP contribution in [0.4, 0.5) is 0 Å². The van der Waals surface area contributed by atoms with Gasteiger partial charge in [-0.05, 0) is 32.6 Å². The van der Waals surface area contributed by atoms with Crippen LogP contribution < -0.4 is 10.0 Å². The Hall–Kier alpha value is -1.15. The van der Waals surface area contributed by atoms with Crippen molar-refractivity contribution in [1.29, 1.82) is 0 Å². The molecule has 0 aliphatic heterocycles. The number of nitrogens with one attached hydrogen (secondary N) is 2. The number of amides is 1. The molecule has 8 heteroatoms. The van der Waals surface area contributed by atoms with Crippen molar-refractivity contribution in [2.45, 2.75) is 51.6 Å². The molecule has 20 heavy (non-hydrogen) atoms. The zero-order valence-electron chi connectivity index (χ0n) is 11.8. The predicted octanol–water partition coefficient (Wildman–Crippen LogP) is 0.0738. The van der Waals surface area contributed by atoms with Crippen LogP contribution in [-0.2, 0) is 19.6 Å². The quantitative estimate of drug-likeness (QED) is 0.616. The molecule has 0 spiro atoms.